The van der Waals surface area contributed by atoms with Gasteiger partial charge < -0.3 is 9.47 Å². The number of allylic oxidation sites excluding steroid dienone is 2. The molecule has 164 valence electrons. The topological polar surface area (TPSA) is 21.8 Å². The average molecular weight is 401 g/mol. The number of ether oxygens (including phenoxy) is 2. The van der Waals surface area contributed by atoms with Crippen LogP contribution in [0.15, 0.2) is 36.4 Å². The SMILES string of the molecule is CCCCCCCCC/C=C/CCCCCCCc1cccc(OCC2CO2)c1. The highest BCUT2D eigenvalue weighted by Gasteiger charge is 2.22. The van der Waals surface area contributed by atoms with Crippen molar-refractivity contribution in [3.63, 3.8) is 0 Å². The second-order valence-electron chi connectivity index (χ2n) is 8.60. The van der Waals surface area contributed by atoms with E-state index in [1.54, 1.807) is 0 Å². The Hall–Kier alpha value is -1.28. The molecule has 2 nitrogen and oxygen atoms in total. The summed E-state index contributed by atoms with van der Waals surface area (Å²) in [6.07, 6.45) is 25.4. The van der Waals surface area contributed by atoms with Gasteiger partial charge >= 0.3 is 0 Å². The van der Waals surface area contributed by atoms with Crippen LogP contribution < -0.4 is 4.74 Å². The molecule has 0 N–H and O–H groups in total. The molecule has 1 fully saturated rings. The van der Waals surface area contributed by atoms with Gasteiger partial charge in [0.05, 0.1) is 6.61 Å². The van der Waals surface area contributed by atoms with Gasteiger partial charge in [0, 0.05) is 0 Å². The number of benzene rings is 1. The van der Waals surface area contributed by atoms with Gasteiger partial charge in [-0.1, -0.05) is 89.0 Å². The number of hydrogen-bond donors (Lipinski definition) is 0. The predicted molar refractivity (Wildman–Crippen MR) is 125 cm³/mol. The molecule has 1 heterocycles. The lowest BCUT2D eigenvalue weighted by atomic mass is 10.0. The molecular formula is C27H44O2. The van der Waals surface area contributed by atoms with E-state index in [1.165, 1.54) is 95.5 Å². The highest BCUT2D eigenvalue weighted by molar-refractivity contribution is 5.28. The Morgan fingerprint density at radius 1 is 0.862 bits per heavy atom. The maximum atomic E-state index is 5.77. The first-order chi connectivity index (χ1) is 14.4. The molecule has 0 radical (unpaired) electrons. The summed E-state index contributed by atoms with van der Waals surface area (Å²) in [4.78, 5) is 0. The van der Waals surface area contributed by atoms with Crippen molar-refractivity contribution in [2.24, 2.45) is 0 Å². The second-order valence-corrected chi connectivity index (χ2v) is 8.60. The van der Waals surface area contributed by atoms with E-state index in [1.807, 2.05) is 6.07 Å². The highest BCUT2D eigenvalue weighted by atomic mass is 16.6. The van der Waals surface area contributed by atoms with Gasteiger partial charge in [-0.2, -0.15) is 0 Å². The largest absolute Gasteiger partial charge is 0.491 e. The van der Waals surface area contributed by atoms with Crippen LogP contribution in [0.5, 0.6) is 5.75 Å². The zero-order valence-electron chi connectivity index (χ0n) is 18.9. The Morgan fingerprint density at radius 2 is 1.48 bits per heavy atom. The number of epoxide rings is 1. The van der Waals surface area contributed by atoms with E-state index in [2.05, 4.69) is 37.3 Å². The van der Waals surface area contributed by atoms with Crippen molar-refractivity contribution in [1.29, 1.82) is 0 Å². The van der Waals surface area contributed by atoms with Gasteiger partial charge in [-0.25, -0.2) is 0 Å². The van der Waals surface area contributed by atoms with Crippen molar-refractivity contribution in [1.82, 2.24) is 0 Å². The lowest BCUT2D eigenvalue weighted by molar-refractivity contribution is 0.263. The molecule has 1 atom stereocenters. The average Bonchev–Trinajstić information content (AvgIpc) is 3.57. The minimum atomic E-state index is 0.328. The van der Waals surface area contributed by atoms with Crippen LogP contribution >= 0.6 is 0 Å². The van der Waals surface area contributed by atoms with Crippen molar-refractivity contribution in [2.75, 3.05) is 13.2 Å². The van der Waals surface area contributed by atoms with Crippen LogP contribution in [-0.4, -0.2) is 19.3 Å². The van der Waals surface area contributed by atoms with E-state index in [9.17, 15) is 0 Å². The molecule has 2 rings (SSSR count). The Bertz CT molecular complexity index is 533. The monoisotopic (exact) mass is 400 g/mol. The Kier molecular flexibility index (Phi) is 13.7. The quantitative estimate of drug-likeness (QED) is 0.133. The molecule has 0 saturated carbocycles. The smallest absolute Gasteiger partial charge is 0.119 e. The van der Waals surface area contributed by atoms with Crippen LogP contribution in [0.2, 0.25) is 0 Å². The number of rotatable bonds is 19. The molecule has 0 aromatic heterocycles. The van der Waals surface area contributed by atoms with Crippen LogP contribution in [0.1, 0.15) is 102 Å². The Morgan fingerprint density at radius 3 is 2.14 bits per heavy atom. The molecule has 0 amide bonds. The Balaban J connectivity index is 1.35. The van der Waals surface area contributed by atoms with Gasteiger partial charge in [0.25, 0.3) is 0 Å². The van der Waals surface area contributed by atoms with E-state index in [-0.39, 0.29) is 0 Å². The van der Waals surface area contributed by atoms with Crippen molar-refractivity contribution < 1.29 is 9.47 Å². The fraction of sp³-hybridized carbons (Fsp3) is 0.704. The maximum absolute atomic E-state index is 5.77. The molecule has 0 spiro atoms. The predicted octanol–water partition coefficient (Wildman–Crippen LogP) is 8.04. The molecule has 0 aliphatic carbocycles. The van der Waals surface area contributed by atoms with Gasteiger partial charge in [-0.3, -0.25) is 0 Å². The minimum absolute atomic E-state index is 0.328. The minimum Gasteiger partial charge on any atom is -0.491 e. The third-order valence-electron chi connectivity index (χ3n) is 5.71. The van der Waals surface area contributed by atoms with Crippen LogP contribution in [-0.2, 0) is 11.2 Å². The summed E-state index contributed by atoms with van der Waals surface area (Å²) in [6.45, 7) is 3.83. The summed E-state index contributed by atoms with van der Waals surface area (Å²) >= 11 is 0. The van der Waals surface area contributed by atoms with Crippen LogP contribution in [0.4, 0.5) is 0 Å². The first-order valence-electron chi connectivity index (χ1n) is 12.4. The van der Waals surface area contributed by atoms with Crippen molar-refractivity contribution in [3.05, 3.63) is 42.0 Å². The van der Waals surface area contributed by atoms with Gasteiger partial charge in [0.15, 0.2) is 0 Å². The van der Waals surface area contributed by atoms with Crippen molar-refractivity contribution in [3.8, 4) is 5.75 Å². The zero-order valence-corrected chi connectivity index (χ0v) is 18.9. The van der Waals surface area contributed by atoms with E-state index in [0.29, 0.717) is 12.7 Å². The molecule has 2 heteroatoms. The van der Waals surface area contributed by atoms with Gasteiger partial charge in [-0.05, 0) is 56.2 Å². The summed E-state index contributed by atoms with van der Waals surface area (Å²) in [5, 5.41) is 0. The number of aryl methyl sites for hydroxylation is 1. The zero-order chi connectivity index (χ0) is 20.4. The molecule has 29 heavy (non-hydrogen) atoms. The molecular weight excluding hydrogens is 356 g/mol. The molecule has 1 aromatic carbocycles. The van der Waals surface area contributed by atoms with Gasteiger partial charge in [0.1, 0.15) is 18.5 Å². The van der Waals surface area contributed by atoms with Gasteiger partial charge in [0.2, 0.25) is 0 Å². The van der Waals surface area contributed by atoms with E-state index < -0.39 is 0 Å². The van der Waals surface area contributed by atoms with Crippen LogP contribution in [0.25, 0.3) is 0 Å². The number of hydrogen-bond acceptors (Lipinski definition) is 2. The van der Waals surface area contributed by atoms with Crippen molar-refractivity contribution >= 4 is 0 Å². The third kappa shape index (κ3) is 13.5. The first-order valence-corrected chi connectivity index (χ1v) is 12.4. The van der Waals surface area contributed by atoms with Crippen LogP contribution in [0, 0.1) is 0 Å². The second kappa shape index (κ2) is 16.5. The summed E-state index contributed by atoms with van der Waals surface area (Å²) in [6, 6.07) is 8.57. The number of unbranched alkanes of at least 4 members (excludes halogenated alkanes) is 12. The van der Waals surface area contributed by atoms with E-state index in [0.717, 1.165) is 18.8 Å². The third-order valence-corrected chi connectivity index (χ3v) is 5.71. The lowest BCUT2D eigenvalue weighted by Crippen LogP contribution is -2.04. The summed E-state index contributed by atoms with van der Waals surface area (Å²) in [5.74, 6) is 0.987. The molecule has 1 aliphatic rings. The molecule has 1 unspecified atom stereocenters. The van der Waals surface area contributed by atoms with E-state index >= 15 is 0 Å². The molecule has 0 bridgehead atoms. The fourth-order valence-electron chi connectivity index (χ4n) is 3.72. The fourth-order valence-corrected chi connectivity index (χ4v) is 3.72. The molecule has 1 aliphatic heterocycles. The summed E-state index contributed by atoms with van der Waals surface area (Å²) < 4.78 is 11.0. The van der Waals surface area contributed by atoms with Crippen LogP contribution in [0.3, 0.4) is 0 Å². The van der Waals surface area contributed by atoms with Crippen molar-refractivity contribution in [2.45, 2.75) is 109 Å². The molecule has 1 saturated heterocycles. The Labute approximate surface area is 180 Å². The van der Waals surface area contributed by atoms with E-state index in [4.69, 9.17) is 9.47 Å². The summed E-state index contributed by atoms with van der Waals surface area (Å²) in [5.41, 5.74) is 1.40. The first kappa shape index (κ1) is 24.0. The standard InChI is InChI=1S/C27H44O2/c1-2-3-4-5-6-7-8-9-10-11-12-13-14-15-16-17-19-25-20-18-21-26(22-25)28-23-27-24-29-27/h10-11,18,20-22,27H,2-9,12-17,19,23-24H2,1H3/b11-10+. The highest BCUT2D eigenvalue weighted by Crippen LogP contribution is 2.18. The molecule has 1 aromatic rings. The van der Waals surface area contributed by atoms with Gasteiger partial charge in [-0.15, -0.1) is 0 Å². The summed E-state index contributed by atoms with van der Waals surface area (Å²) in [7, 11) is 0. The normalized spacial score (nSPS) is 15.8. The maximum Gasteiger partial charge on any atom is 0.119 e. The lowest BCUT2D eigenvalue weighted by Gasteiger charge is -2.07.